The molecule has 394 valence electrons. The molecule has 2 saturated heterocycles. The van der Waals surface area contributed by atoms with Gasteiger partial charge in [-0.15, -0.1) is 0 Å². The number of alkyl halides is 3. The Hall–Kier alpha value is -2.89. The highest BCUT2D eigenvalue weighted by Crippen LogP contribution is 2.35. The van der Waals surface area contributed by atoms with Crippen LogP contribution in [0.4, 0.5) is 9.59 Å². The zero-order chi connectivity index (χ0) is 50.3. The van der Waals surface area contributed by atoms with Crippen LogP contribution in [-0.2, 0) is 58.8 Å². The lowest BCUT2D eigenvalue weighted by Gasteiger charge is -2.50. The van der Waals surface area contributed by atoms with Gasteiger partial charge in [-0.1, -0.05) is 188 Å². The maximum absolute atomic E-state index is 14.2. The van der Waals surface area contributed by atoms with Gasteiger partial charge < -0.3 is 53.3 Å². The minimum atomic E-state index is -1.94. The summed E-state index contributed by atoms with van der Waals surface area (Å²) in [5.41, 5.74) is 0.907. The number of hydrogen-bond acceptors (Lipinski definition) is 13. The number of hydrogen-bond donors (Lipinski definition) is 2. The Morgan fingerprint density at radius 3 is 2.07 bits per heavy atom. The van der Waals surface area contributed by atoms with Crippen molar-refractivity contribution in [2.75, 3.05) is 33.0 Å². The van der Waals surface area contributed by atoms with Crippen molar-refractivity contribution in [3.63, 3.8) is 0 Å². The maximum Gasteiger partial charge on any atom is 0.407 e. The number of rotatable bonds is 35. The van der Waals surface area contributed by atoms with Gasteiger partial charge in [-0.25, -0.2) is 9.59 Å². The number of alkyl carbamates (subject to hydrolysis) is 2. The lowest BCUT2D eigenvalue weighted by Crippen LogP contribution is -2.69. The standard InChI is InChI=1S/C51H81Cl3N2O13/c1-6-9-11-13-15-17-18-20-25-29-40(66-42(57)30-26-21-19-16-14-12-10-7-2)32-43(58)68-46-44(56-49(60)64-37-51(52,53)54)47(67-41-36-65-50(4,5)69-45(41)46)63-35-39(55-48(59)62-31-8-3)34-61-33-38-27-23-22-24-28-38/h8,22-24,27-28,39-41,44-47H,3,6-7,9-21,25-26,29-37H2,1-2,4-5H3,(H,55,59)(H,56,60)/t39-,40+,41+,44+,45+,46+,47?/m0/s1. The third-order valence-electron chi connectivity index (χ3n) is 11.7. The first-order valence-corrected chi connectivity index (χ1v) is 26.4. The fourth-order valence-electron chi connectivity index (χ4n) is 8.08. The summed E-state index contributed by atoms with van der Waals surface area (Å²) >= 11 is 17.7. The summed E-state index contributed by atoms with van der Waals surface area (Å²) < 4.78 is 51.8. The number of unbranched alkanes of at least 4 members (excludes halogenated alkanes) is 15. The van der Waals surface area contributed by atoms with Gasteiger partial charge in [0, 0.05) is 6.42 Å². The summed E-state index contributed by atoms with van der Waals surface area (Å²) in [6.45, 7) is 10.7. The fourth-order valence-corrected chi connectivity index (χ4v) is 8.25. The number of halogens is 3. The van der Waals surface area contributed by atoms with E-state index >= 15 is 0 Å². The molecule has 18 heteroatoms. The number of carbonyl (C=O) groups excluding carboxylic acids is 4. The second-order valence-corrected chi connectivity index (χ2v) is 20.9. The third-order valence-corrected chi connectivity index (χ3v) is 12.0. The summed E-state index contributed by atoms with van der Waals surface area (Å²) in [5.74, 6) is -2.21. The van der Waals surface area contributed by atoms with E-state index in [2.05, 4.69) is 31.1 Å². The smallest absolute Gasteiger partial charge is 0.407 e. The second kappa shape index (κ2) is 34.5. The van der Waals surface area contributed by atoms with Gasteiger partial charge in [-0.2, -0.15) is 0 Å². The first-order chi connectivity index (χ1) is 33.1. The van der Waals surface area contributed by atoms with Crippen molar-refractivity contribution in [1.82, 2.24) is 10.6 Å². The SMILES string of the molecule is C=CCOC(=O)N[C@@H](COCc1ccccc1)COC1O[C@@H]2COC(C)(C)O[C@H]2[C@H](OC(=O)C[C@@H](CCCCCCCCCCC)OC(=O)CCCCCCCCCC)[C@H]1NC(=O)OCC(Cl)(Cl)Cl. The summed E-state index contributed by atoms with van der Waals surface area (Å²) in [5, 5.41) is 5.43. The molecule has 1 unspecified atom stereocenters. The van der Waals surface area contributed by atoms with Crippen LogP contribution < -0.4 is 10.6 Å². The molecule has 69 heavy (non-hydrogen) atoms. The van der Waals surface area contributed by atoms with E-state index in [9.17, 15) is 19.2 Å². The van der Waals surface area contributed by atoms with Gasteiger partial charge in [0.1, 0.15) is 37.6 Å². The number of nitrogens with one attached hydrogen (secondary N) is 2. The normalized spacial score (nSPS) is 20.7. The van der Waals surface area contributed by atoms with E-state index in [4.69, 9.17) is 77.4 Å². The Morgan fingerprint density at radius 1 is 0.826 bits per heavy atom. The van der Waals surface area contributed by atoms with Crippen molar-refractivity contribution in [1.29, 1.82) is 0 Å². The number of carbonyl (C=O) groups is 4. The minimum Gasteiger partial charge on any atom is -0.462 e. The Morgan fingerprint density at radius 2 is 1.45 bits per heavy atom. The highest BCUT2D eigenvalue weighted by atomic mass is 35.6. The molecule has 2 heterocycles. The van der Waals surface area contributed by atoms with E-state index in [1.165, 1.54) is 63.9 Å². The number of ether oxygens (including phenoxy) is 9. The quantitative estimate of drug-likeness (QED) is 0.0216. The molecule has 1 aromatic carbocycles. The van der Waals surface area contributed by atoms with Gasteiger partial charge in [0.2, 0.25) is 3.79 Å². The van der Waals surface area contributed by atoms with Gasteiger partial charge >= 0.3 is 24.1 Å². The van der Waals surface area contributed by atoms with Crippen molar-refractivity contribution in [2.24, 2.45) is 0 Å². The molecule has 3 rings (SSSR count). The number of fused-ring (bicyclic) bond motifs is 1. The number of amides is 2. The van der Waals surface area contributed by atoms with Crippen molar-refractivity contribution < 1.29 is 61.8 Å². The van der Waals surface area contributed by atoms with E-state index in [0.29, 0.717) is 12.8 Å². The predicted octanol–water partition coefficient (Wildman–Crippen LogP) is 11.5. The molecule has 0 radical (unpaired) electrons. The van der Waals surface area contributed by atoms with Crippen LogP contribution in [0.1, 0.15) is 162 Å². The Bertz CT molecular complexity index is 1600. The third kappa shape index (κ3) is 26.9. The predicted molar refractivity (Wildman–Crippen MR) is 266 cm³/mol. The Labute approximate surface area is 426 Å². The van der Waals surface area contributed by atoms with E-state index in [-0.39, 0.29) is 51.8 Å². The summed E-state index contributed by atoms with van der Waals surface area (Å²) in [6.07, 6.45) is 13.5. The largest absolute Gasteiger partial charge is 0.462 e. The molecule has 7 atom stereocenters. The molecule has 15 nitrogen and oxygen atoms in total. The van der Waals surface area contributed by atoms with Crippen LogP contribution in [-0.4, -0.2) is 110 Å². The molecule has 2 aliphatic heterocycles. The topological polar surface area (TPSA) is 175 Å². The molecule has 0 aliphatic carbocycles. The molecule has 0 saturated carbocycles. The van der Waals surface area contributed by atoms with Gasteiger partial charge in [-0.05, 0) is 38.7 Å². The molecule has 2 aliphatic rings. The molecule has 2 N–H and O–H groups in total. The molecular formula is C51H81Cl3N2O13. The lowest BCUT2D eigenvalue weighted by atomic mass is 9.95. The van der Waals surface area contributed by atoms with Crippen LogP contribution in [0.15, 0.2) is 43.0 Å². The zero-order valence-electron chi connectivity index (χ0n) is 41.5. The van der Waals surface area contributed by atoms with Crippen LogP contribution in [0.2, 0.25) is 0 Å². The average molecular weight is 1040 g/mol. The lowest BCUT2D eigenvalue weighted by molar-refractivity contribution is -0.369. The van der Waals surface area contributed by atoms with Crippen LogP contribution in [0.5, 0.6) is 0 Å². The van der Waals surface area contributed by atoms with Gasteiger partial charge in [-0.3, -0.25) is 9.59 Å². The van der Waals surface area contributed by atoms with E-state index in [1.54, 1.807) is 13.8 Å². The van der Waals surface area contributed by atoms with Gasteiger partial charge in [0.25, 0.3) is 0 Å². The number of benzene rings is 1. The second-order valence-electron chi connectivity index (χ2n) is 18.4. The van der Waals surface area contributed by atoms with Gasteiger partial charge in [0.15, 0.2) is 18.2 Å². The van der Waals surface area contributed by atoms with Crippen LogP contribution in [0.3, 0.4) is 0 Å². The molecule has 0 bridgehead atoms. The van der Waals surface area contributed by atoms with Crippen molar-refractivity contribution >= 4 is 58.9 Å². The maximum atomic E-state index is 14.2. The van der Waals surface area contributed by atoms with Crippen LogP contribution >= 0.6 is 34.8 Å². The van der Waals surface area contributed by atoms with Crippen LogP contribution in [0, 0.1) is 0 Å². The van der Waals surface area contributed by atoms with Crippen molar-refractivity contribution in [3.05, 3.63) is 48.6 Å². The van der Waals surface area contributed by atoms with Gasteiger partial charge in [0.05, 0.1) is 38.9 Å². The minimum absolute atomic E-state index is 0.00331. The zero-order valence-corrected chi connectivity index (χ0v) is 43.8. The Balaban J connectivity index is 1.84. The summed E-state index contributed by atoms with van der Waals surface area (Å²) in [4.78, 5) is 53.7. The first kappa shape index (κ1) is 60.4. The average Bonchev–Trinajstić information content (AvgIpc) is 3.30. The van der Waals surface area contributed by atoms with Crippen LogP contribution in [0.25, 0.3) is 0 Å². The Kier molecular flexibility index (Phi) is 30.2. The molecule has 0 aromatic heterocycles. The molecule has 2 fully saturated rings. The van der Waals surface area contributed by atoms with E-state index < -0.39 is 77.1 Å². The fraction of sp³-hybridized carbons (Fsp3) is 0.765. The highest BCUT2D eigenvalue weighted by molar-refractivity contribution is 6.67. The molecule has 1 aromatic rings. The summed E-state index contributed by atoms with van der Waals surface area (Å²) in [7, 11) is 0. The highest BCUT2D eigenvalue weighted by Gasteiger charge is 2.54. The molecule has 0 spiro atoms. The number of esters is 2. The van der Waals surface area contributed by atoms with E-state index in [1.807, 2.05) is 30.3 Å². The monoisotopic (exact) mass is 1030 g/mol. The first-order valence-electron chi connectivity index (χ1n) is 25.3. The molecular weight excluding hydrogens is 955 g/mol. The molecule has 2 amide bonds. The van der Waals surface area contributed by atoms with Crippen molar-refractivity contribution in [2.45, 2.75) is 215 Å². The summed E-state index contributed by atoms with van der Waals surface area (Å²) in [6, 6.07) is 7.37. The van der Waals surface area contributed by atoms with E-state index in [0.717, 1.165) is 50.5 Å². The van der Waals surface area contributed by atoms with Crippen molar-refractivity contribution in [3.8, 4) is 0 Å².